The van der Waals surface area contributed by atoms with Crippen molar-refractivity contribution in [3.8, 4) is 0 Å². The van der Waals surface area contributed by atoms with E-state index in [4.69, 9.17) is 11.6 Å². The lowest BCUT2D eigenvalue weighted by molar-refractivity contribution is -0.132. The van der Waals surface area contributed by atoms with Gasteiger partial charge < -0.3 is 15.3 Å². The summed E-state index contributed by atoms with van der Waals surface area (Å²) >= 11 is 5.85. The van der Waals surface area contributed by atoms with E-state index in [0.29, 0.717) is 25.7 Å². The Kier molecular flexibility index (Phi) is 7.30. The number of rotatable bonds is 6. The molecule has 3 heterocycles. The van der Waals surface area contributed by atoms with Gasteiger partial charge in [0.1, 0.15) is 17.3 Å². The third-order valence-electron chi connectivity index (χ3n) is 7.26. The molecule has 39 heavy (non-hydrogen) atoms. The number of amides is 2. The molecule has 1 fully saturated rings. The lowest BCUT2D eigenvalue weighted by Crippen LogP contribution is -2.45. The minimum atomic E-state index is -2.94. The molecule has 1 atom stereocenters. The van der Waals surface area contributed by atoms with E-state index in [1.54, 1.807) is 0 Å². The van der Waals surface area contributed by atoms with Crippen molar-refractivity contribution in [1.82, 2.24) is 15.3 Å². The first-order valence-electron chi connectivity index (χ1n) is 12.3. The molecule has 1 unspecified atom stereocenters. The number of nitrogens with one attached hydrogen (secondary N) is 1. The van der Waals surface area contributed by atoms with Crippen molar-refractivity contribution in [3.05, 3.63) is 88.0 Å². The van der Waals surface area contributed by atoms with Gasteiger partial charge in [0.2, 0.25) is 5.60 Å². The largest absolute Gasteiger partial charge is 0.370 e. The molecular weight excluding hydrogens is 540 g/mol. The van der Waals surface area contributed by atoms with Crippen LogP contribution in [0.15, 0.2) is 48.8 Å². The van der Waals surface area contributed by atoms with Crippen LogP contribution >= 0.6 is 11.6 Å². The van der Waals surface area contributed by atoms with E-state index >= 15 is 0 Å². The summed E-state index contributed by atoms with van der Waals surface area (Å²) in [5, 5.41) is 14.3. The summed E-state index contributed by atoms with van der Waals surface area (Å²) in [6.45, 7) is 0.174. The van der Waals surface area contributed by atoms with E-state index in [1.807, 2.05) is 0 Å². The highest BCUT2D eigenvalue weighted by Gasteiger charge is 2.54. The second-order valence-electron chi connectivity index (χ2n) is 9.70. The smallest absolute Gasteiger partial charge is 0.281 e. The maximum Gasteiger partial charge on any atom is 0.281 e. The molecule has 1 aliphatic heterocycles. The molecule has 2 aliphatic rings. The molecule has 2 amide bonds. The number of halogens is 5. The zero-order valence-corrected chi connectivity index (χ0v) is 21.1. The molecule has 1 saturated carbocycles. The molecule has 2 N–H and O–H groups in total. The average Bonchev–Trinajstić information content (AvgIpc) is 3.13. The number of aromatic nitrogens is 2. The molecule has 2 aromatic heterocycles. The predicted molar refractivity (Wildman–Crippen MR) is 133 cm³/mol. The molecule has 12 heteroatoms. The van der Waals surface area contributed by atoms with Gasteiger partial charge in [-0.3, -0.25) is 19.6 Å². The van der Waals surface area contributed by atoms with Crippen molar-refractivity contribution in [2.75, 3.05) is 11.4 Å². The summed E-state index contributed by atoms with van der Waals surface area (Å²) in [5.41, 5.74) is -3.56. The van der Waals surface area contributed by atoms with Gasteiger partial charge in [-0.15, -0.1) is 0 Å². The molecule has 0 spiro atoms. The molecule has 1 aliphatic carbocycles. The number of anilines is 1. The molecular formula is C27H23ClF4N4O3. The van der Waals surface area contributed by atoms with Crippen molar-refractivity contribution in [3.63, 3.8) is 0 Å². The summed E-state index contributed by atoms with van der Waals surface area (Å²) < 4.78 is 55.0. The lowest BCUT2D eigenvalue weighted by atomic mass is 9.85. The number of nitrogens with zero attached hydrogens (tertiary/aromatic N) is 3. The van der Waals surface area contributed by atoms with Gasteiger partial charge in [-0.05, 0) is 61.9 Å². The predicted octanol–water partition coefficient (Wildman–Crippen LogP) is 4.92. The third kappa shape index (κ3) is 4.96. The zero-order valence-electron chi connectivity index (χ0n) is 20.4. The van der Waals surface area contributed by atoms with Crippen molar-refractivity contribution in [2.45, 2.75) is 43.8 Å². The summed E-state index contributed by atoms with van der Waals surface area (Å²) in [6.07, 6.45) is 1.13. The molecule has 204 valence electrons. The maximum absolute atomic E-state index is 15.0. The van der Waals surface area contributed by atoms with Gasteiger partial charge >= 0.3 is 0 Å². The summed E-state index contributed by atoms with van der Waals surface area (Å²) in [4.78, 5) is 35.0. The van der Waals surface area contributed by atoms with Gasteiger partial charge in [0.25, 0.3) is 18.2 Å². The molecule has 1 aromatic carbocycles. The Bertz CT molecular complexity index is 1420. The summed E-state index contributed by atoms with van der Waals surface area (Å²) in [5.74, 6) is -2.99. The minimum absolute atomic E-state index is 0.0498. The van der Waals surface area contributed by atoms with Gasteiger partial charge in [0.15, 0.2) is 0 Å². The number of benzene rings is 1. The fraction of sp³-hybridized carbons (Fsp3) is 0.333. The molecule has 7 nitrogen and oxygen atoms in total. The normalized spacial score (nSPS) is 22.7. The second-order valence-corrected chi connectivity index (χ2v) is 10.1. The highest BCUT2D eigenvalue weighted by Crippen LogP contribution is 2.46. The molecule has 5 rings (SSSR count). The number of alkyl halides is 2. The van der Waals surface area contributed by atoms with Crippen LogP contribution in [0.25, 0.3) is 0 Å². The van der Waals surface area contributed by atoms with Gasteiger partial charge in [0.05, 0.1) is 33.7 Å². The Morgan fingerprint density at radius 1 is 1.13 bits per heavy atom. The van der Waals surface area contributed by atoms with E-state index in [-0.39, 0.29) is 46.0 Å². The number of aliphatic hydroxyl groups is 1. The monoisotopic (exact) mass is 562 g/mol. The van der Waals surface area contributed by atoms with Crippen LogP contribution in [-0.4, -0.2) is 39.5 Å². The van der Waals surface area contributed by atoms with Crippen LogP contribution in [0.2, 0.25) is 5.02 Å². The third-order valence-corrected chi connectivity index (χ3v) is 7.46. The van der Waals surface area contributed by atoms with Gasteiger partial charge in [-0.2, -0.15) is 0 Å². The fourth-order valence-corrected chi connectivity index (χ4v) is 5.49. The quantitative estimate of drug-likeness (QED) is 0.416. The first kappa shape index (κ1) is 27.0. The highest BCUT2D eigenvalue weighted by molar-refractivity contribution is 6.30. The Labute approximate surface area is 225 Å². The minimum Gasteiger partial charge on any atom is -0.370 e. The van der Waals surface area contributed by atoms with Gasteiger partial charge in [-0.1, -0.05) is 17.7 Å². The van der Waals surface area contributed by atoms with Gasteiger partial charge in [-0.25, -0.2) is 17.6 Å². The van der Waals surface area contributed by atoms with Crippen LogP contribution in [0, 0.1) is 17.6 Å². The number of hydrogen-bond acceptors (Lipinski definition) is 5. The van der Waals surface area contributed by atoms with Crippen LogP contribution in [0.5, 0.6) is 0 Å². The second kappa shape index (κ2) is 10.5. The number of pyridine rings is 2. The summed E-state index contributed by atoms with van der Waals surface area (Å²) in [7, 11) is 0. The standard InChI is InChI=1S/C27H23ClF4N4O3/c28-15-10-18(23(24(31)32)34-11-15)25(37)35-17-7-4-14(5-8-17)13-36-20-3-1-2-19(30)22(20)27(39,26(36)38)21-9-6-16(29)12-33-21/h1-3,6,9-12,14,17,24,39H,4-5,7-8,13H2,(H,35,37)/t14-,17-,27?. The number of hydrogen-bond donors (Lipinski definition) is 2. The van der Waals surface area contributed by atoms with Crippen LogP contribution in [-0.2, 0) is 10.4 Å². The SMILES string of the molecule is O=C(N[C@H]1CC[C@H](CN2C(=O)C(O)(c3ccc(F)cn3)c3c(F)cccc32)CC1)c1cc(Cl)cnc1C(F)F. The molecule has 3 aromatic rings. The van der Waals surface area contributed by atoms with Crippen molar-refractivity contribution in [1.29, 1.82) is 0 Å². The van der Waals surface area contributed by atoms with Crippen LogP contribution in [0.1, 0.15) is 59.4 Å². The van der Waals surface area contributed by atoms with Crippen molar-refractivity contribution < 1.29 is 32.3 Å². The van der Waals surface area contributed by atoms with Crippen molar-refractivity contribution in [2.24, 2.45) is 5.92 Å². The van der Waals surface area contributed by atoms with Crippen LogP contribution in [0.4, 0.5) is 23.2 Å². The van der Waals surface area contributed by atoms with Crippen molar-refractivity contribution >= 4 is 29.1 Å². The highest BCUT2D eigenvalue weighted by atomic mass is 35.5. The Morgan fingerprint density at radius 3 is 2.54 bits per heavy atom. The van der Waals surface area contributed by atoms with Crippen LogP contribution in [0.3, 0.4) is 0 Å². The van der Waals surface area contributed by atoms with E-state index in [0.717, 1.165) is 36.7 Å². The van der Waals surface area contributed by atoms with E-state index < -0.39 is 41.2 Å². The van der Waals surface area contributed by atoms with E-state index in [2.05, 4.69) is 15.3 Å². The first-order valence-corrected chi connectivity index (χ1v) is 12.7. The number of fused-ring (bicyclic) bond motifs is 1. The fourth-order valence-electron chi connectivity index (χ4n) is 5.33. The topological polar surface area (TPSA) is 95.4 Å². The molecule has 0 saturated heterocycles. The zero-order chi connectivity index (χ0) is 27.9. The average molecular weight is 563 g/mol. The Hall–Kier alpha value is -3.57. The number of carbonyl (C=O) groups excluding carboxylic acids is 2. The van der Waals surface area contributed by atoms with Crippen LogP contribution < -0.4 is 10.2 Å². The molecule has 0 radical (unpaired) electrons. The maximum atomic E-state index is 15.0. The van der Waals surface area contributed by atoms with Gasteiger partial charge in [0, 0.05) is 18.8 Å². The van der Waals surface area contributed by atoms with E-state index in [9.17, 15) is 32.3 Å². The lowest BCUT2D eigenvalue weighted by Gasteiger charge is -2.32. The Balaban J connectivity index is 1.29. The molecule has 0 bridgehead atoms. The summed E-state index contributed by atoms with van der Waals surface area (Å²) in [6, 6.07) is 7.15. The number of carbonyl (C=O) groups is 2. The first-order chi connectivity index (χ1) is 18.6. The van der Waals surface area contributed by atoms with E-state index in [1.165, 1.54) is 17.0 Å². The Morgan fingerprint density at radius 2 is 1.87 bits per heavy atom.